The molecule has 0 aliphatic carbocycles. The number of rotatable bonds is 6. The van der Waals surface area contributed by atoms with Crippen LogP contribution in [0.4, 0.5) is 5.82 Å². The molecule has 1 aromatic rings. The summed E-state index contributed by atoms with van der Waals surface area (Å²) in [5, 5.41) is 14.2. The Hall–Kier alpha value is -0.810. The molecule has 2 unspecified atom stereocenters. The van der Waals surface area contributed by atoms with Gasteiger partial charge in [-0.15, -0.1) is 11.8 Å². The molecular weight excluding hydrogens is 282 g/mol. The van der Waals surface area contributed by atoms with Crippen LogP contribution in [0, 0.1) is 6.92 Å². The van der Waals surface area contributed by atoms with Crippen molar-refractivity contribution in [3.8, 4) is 0 Å². The van der Waals surface area contributed by atoms with Gasteiger partial charge in [-0.05, 0) is 20.3 Å². The highest BCUT2D eigenvalue weighted by molar-refractivity contribution is 7.99. The Balaban J connectivity index is 3.20. The van der Waals surface area contributed by atoms with Crippen LogP contribution in [-0.2, 0) is 5.41 Å². The molecule has 2 atom stereocenters. The Morgan fingerprint density at radius 3 is 2.33 bits per heavy atom. The molecule has 0 aliphatic heterocycles. The molecule has 1 aromatic heterocycles. The van der Waals surface area contributed by atoms with E-state index in [4.69, 9.17) is 9.97 Å². The van der Waals surface area contributed by atoms with Crippen molar-refractivity contribution in [2.45, 2.75) is 76.7 Å². The molecule has 0 saturated carbocycles. The van der Waals surface area contributed by atoms with Crippen LogP contribution in [0.1, 0.15) is 59.4 Å². The van der Waals surface area contributed by atoms with Gasteiger partial charge in [0.15, 0.2) is 0 Å². The molecular formula is C16H29N3OS. The average molecular weight is 311 g/mol. The molecule has 1 heterocycles. The van der Waals surface area contributed by atoms with E-state index in [9.17, 15) is 5.11 Å². The van der Waals surface area contributed by atoms with Gasteiger partial charge in [0.2, 0.25) is 0 Å². The average Bonchev–Trinajstić information content (AvgIpc) is 2.38. The van der Waals surface area contributed by atoms with E-state index in [0.717, 1.165) is 35.2 Å². The van der Waals surface area contributed by atoms with Crippen molar-refractivity contribution in [2.75, 3.05) is 11.9 Å². The third-order valence-corrected chi connectivity index (χ3v) is 4.68. The first-order chi connectivity index (χ1) is 9.66. The van der Waals surface area contributed by atoms with Crippen molar-refractivity contribution in [2.24, 2.45) is 0 Å². The highest BCUT2D eigenvalue weighted by Crippen LogP contribution is 2.32. The summed E-state index contributed by atoms with van der Waals surface area (Å²) in [5.41, 5.74) is 0.966. The maximum absolute atomic E-state index is 9.73. The molecule has 120 valence electrons. The van der Waals surface area contributed by atoms with Crippen molar-refractivity contribution in [1.29, 1.82) is 0 Å². The molecule has 5 heteroatoms. The summed E-state index contributed by atoms with van der Waals surface area (Å²) in [7, 11) is 0. The minimum Gasteiger partial charge on any atom is -0.392 e. The Morgan fingerprint density at radius 2 is 1.86 bits per heavy atom. The number of anilines is 1. The fourth-order valence-electron chi connectivity index (χ4n) is 1.64. The fourth-order valence-corrected chi connectivity index (χ4v) is 2.60. The lowest BCUT2D eigenvalue weighted by Crippen LogP contribution is -2.20. The van der Waals surface area contributed by atoms with Crippen LogP contribution in [-0.4, -0.2) is 33.0 Å². The molecule has 0 radical (unpaired) electrons. The van der Waals surface area contributed by atoms with Crippen LogP contribution in [0.15, 0.2) is 5.03 Å². The monoisotopic (exact) mass is 311 g/mol. The molecule has 0 saturated heterocycles. The fraction of sp³-hybridized carbons (Fsp3) is 0.750. The molecule has 0 bridgehead atoms. The third kappa shape index (κ3) is 5.15. The number of hydrogen-bond donors (Lipinski definition) is 2. The normalized spacial score (nSPS) is 14.9. The van der Waals surface area contributed by atoms with Gasteiger partial charge in [0.1, 0.15) is 16.7 Å². The molecule has 0 amide bonds. The SMILES string of the molecule is CCCNc1nc(C(C)(C)C)nc(SC(C)C(C)O)c1C. The first kappa shape index (κ1) is 18.2. The van der Waals surface area contributed by atoms with Crippen molar-refractivity contribution < 1.29 is 5.11 Å². The lowest BCUT2D eigenvalue weighted by Gasteiger charge is -2.22. The summed E-state index contributed by atoms with van der Waals surface area (Å²) in [4.78, 5) is 9.43. The van der Waals surface area contributed by atoms with E-state index in [0.29, 0.717) is 0 Å². The standard InChI is InChI=1S/C16H29N3OS/c1-8-9-17-13-10(2)14(21-12(4)11(3)20)19-15(18-13)16(5,6)7/h11-12,20H,8-9H2,1-7H3,(H,17,18,19). The number of nitrogens with zero attached hydrogens (tertiary/aromatic N) is 2. The molecule has 0 spiro atoms. The maximum Gasteiger partial charge on any atom is 0.137 e. The van der Waals surface area contributed by atoms with E-state index in [1.54, 1.807) is 11.8 Å². The summed E-state index contributed by atoms with van der Waals surface area (Å²) in [5.74, 6) is 1.75. The number of thioether (sulfide) groups is 1. The Bertz CT molecular complexity index is 469. The predicted molar refractivity (Wildman–Crippen MR) is 91.2 cm³/mol. The van der Waals surface area contributed by atoms with Crippen molar-refractivity contribution in [1.82, 2.24) is 9.97 Å². The van der Waals surface area contributed by atoms with E-state index in [1.165, 1.54) is 0 Å². The summed E-state index contributed by atoms with van der Waals surface area (Å²) >= 11 is 1.62. The van der Waals surface area contributed by atoms with Crippen LogP contribution in [0.25, 0.3) is 0 Å². The van der Waals surface area contributed by atoms with Gasteiger partial charge >= 0.3 is 0 Å². The van der Waals surface area contributed by atoms with Crippen molar-refractivity contribution >= 4 is 17.6 Å². The highest BCUT2D eigenvalue weighted by atomic mass is 32.2. The van der Waals surface area contributed by atoms with Gasteiger partial charge in [-0.1, -0.05) is 34.6 Å². The zero-order valence-corrected chi connectivity index (χ0v) is 15.1. The Labute approximate surface area is 133 Å². The Morgan fingerprint density at radius 1 is 1.24 bits per heavy atom. The summed E-state index contributed by atoms with van der Waals surface area (Å²) in [6, 6.07) is 0. The third-order valence-electron chi connectivity index (χ3n) is 3.29. The smallest absolute Gasteiger partial charge is 0.137 e. The van der Waals surface area contributed by atoms with E-state index in [2.05, 4.69) is 33.0 Å². The van der Waals surface area contributed by atoms with Crippen LogP contribution in [0.2, 0.25) is 0 Å². The van der Waals surface area contributed by atoms with Gasteiger partial charge in [0.05, 0.1) is 6.10 Å². The lowest BCUT2D eigenvalue weighted by molar-refractivity contribution is 0.196. The number of aromatic nitrogens is 2. The molecule has 0 aliphatic rings. The minimum absolute atomic E-state index is 0.0975. The number of nitrogens with one attached hydrogen (secondary N) is 1. The second-order valence-electron chi connectivity index (χ2n) is 6.57. The second-order valence-corrected chi connectivity index (χ2v) is 7.93. The van der Waals surface area contributed by atoms with Crippen LogP contribution in [0.3, 0.4) is 0 Å². The largest absolute Gasteiger partial charge is 0.392 e. The quantitative estimate of drug-likeness (QED) is 0.619. The van der Waals surface area contributed by atoms with Gasteiger partial charge in [0, 0.05) is 22.8 Å². The maximum atomic E-state index is 9.73. The molecule has 21 heavy (non-hydrogen) atoms. The number of aliphatic hydroxyl groups excluding tert-OH is 1. The molecule has 0 fully saturated rings. The summed E-state index contributed by atoms with van der Waals surface area (Å²) in [6.45, 7) is 15.3. The van der Waals surface area contributed by atoms with Crippen LogP contribution < -0.4 is 5.32 Å². The Kier molecular flexibility index (Phi) is 6.47. The van der Waals surface area contributed by atoms with E-state index >= 15 is 0 Å². The zero-order valence-electron chi connectivity index (χ0n) is 14.3. The second kappa shape index (κ2) is 7.45. The molecule has 0 aromatic carbocycles. The first-order valence-electron chi connectivity index (χ1n) is 7.64. The summed E-state index contributed by atoms with van der Waals surface area (Å²) in [6.07, 6.45) is 0.690. The van der Waals surface area contributed by atoms with Gasteiger partial charge in [-0.25, -0.2) is 9.97 Å². The van der Waals surface area contributed by atoms with Crippen molar-refractivity contribution in [3.63, 3.8) is 0 Å². The lowest BCUT2D eigenvalue weighted by atomic mass is 9.95. The molecule has 2 N–H and O–H groups in total. The minimum atomic E-state index is -0.366. The van der Waals surface area contributed by atoms with Gasteiger partial charge in [-0.3, -0.25) is 0 Å². The molecule has 1 rings (SSSR count). The zero-order chi connectivity index (χ0) is 16.2. The van der Waals surface area contributed by atoms with E-state index < -0.39 is 0 Å². The number of aliphatic hydroxyl groups is 1. The van der Waals surface area contributed by atoms with Crippen LogP contribution in [0.5, 0.6) is 0 Å². The van der Waals surface area contributed by atoms with E-state index in [-0.39, 0.29) is 16.8 Å². The topological polar surface area (TPSA) is 58.0 Å². The van der Waals surface area contributed by atoms with Gasteiger partial charge in [0.25, 0.3) is 0 Å². The highest BCUT2D eigenvalue weighted by Gasteiger charge is 2.23. The first-order valence-corrected chi connectivity index (χ1v) is 8.52. The number of hydrogen-bond acceptors (Lipinski definition) is 5. The molecule has 4 nitrogen and oxygen atoms in total. The van der Waals surface area contributed by atoms with Crippen LogP contribution >= 0.6 is 11.8 Å². The van der Waals surface area contributed by atoms with Gasteiger partial charge < -0.3 is 10.4 Å². The van der Waals surface area contributed by atoms with Gasteiger partial charge in [-0.2, -0.15) is 0 Å². The summed E-state index contributed by atoms with van der Waals surface area (Å²) < 4.78 is 0. The van der Waals surface area contributed by atoms with Crippen molar-refractivity contribution in [3.05, 3.63) is 11.4 Å². The predicted octanol–water partition coefficient (Wildman–Crippen LogP) is 3.77. The van der Waals surface area contributed by atoms with E-state index in [1.807, 2.05) is 20.8 Å².